The van der Waals surface area contributed by atoms with E-state index in [9.17, 15) is 8.42 Å². The van der Waals surface area contributed by atoms with Crippen LogP contribution < -0.4 is 0 Å². The summed E-state index contributed by atoms with van der Waals surface area (Å²) in [6.07, 6.45) is 1.74. The first-order valence-electron chi connectivity index (χ1n) is 6.19. The number of rotatable bonds is 3. The molecule has 2 nitrogen and oxygen atoms in total. The zero-order chi connectivity index (χ0) is 14.1. The minimum absolute atomic E-state index is 0.144. The van der Waals surface area contributed by atoms with Gasteiger partial charge in [0, 0.05) is 5.41 Å². The Morgan fingerprint density at radius 3 is 1.61 bits per heavy atom. The smallest absolute Gasteiger partial charge is 0.171 e. The van der Waals surface area contributed by atoms with Crippen LogP contribution in [0.5, 0.6) is 0 Å². The molecule has 100 valence electrons. The van der Waals surface area contributed by atoms with Crippen LogP contribution >= 0.6 is 0 Å². The molecule has 0 heterocycles. The molecule has 0 bridgehead atoms. The molecule has 3 heteroatoms. The first-order valence-corrected chi connectivity index (χ1v) is 7.90. The monoisotopic (exact) mass is 266 g/mol. The summed E-state index contributed by atoms with van der Waals surface area (Å²) in [5.41, 5.74) is 7.14. The van der Waals surface area contributed by atoms with Gasteiger partial charge >= 0.3 is 0 Å². The largest absolute Gasteiger partial charge is 0.224 e. The first-order chi connectivity index (χ1) is 8.21. The van der Waals surface area contributed by atoms with Crippen molar-refractivity contribution in [1.29, 1.82) is 0 Å². The molecule has 0 N–H and O–H groups in total. The molecule has 0 radical (unpaired) electrons. The number of benzene rings is 1. The van der Waals surface area contributed by atoms with E-state index < -0.39 is 9.84 Å². The van der Waals surface area contributed by atoms with Gasteiger partial charge in [0.15, 0.2) is 9.84 Å². The Hall–Kier alpha value is -1.09. The van der Waals surface area contributed by atoms with Crippen molar-refractivity contribution in [2.24, 2.45) is 0 Å². The third-order valence-corrected chi connectivity index (χ3v) is 5.26. The highest BCUT2D eigenvalue weighted by Crippen LogP contribution is 2.27. The maximum absolute atomic E-state index is 11.5. The molecular formula is C15H22O2S. The van der Waals surface area contributed by atoms with Gasteiger partial charge in [-0.3, -0.25) is 0 Å². The molecule has 0 saturated heterocycles. The molecule has 0 spiro atoms. The van der Waals surface area contributed by atoms with E-state index in [1.807, 2.05) is 13.8 Å². The van der Waals surface area contributed by atoms with Crippen LogP contribution in [0.4, 0.5) is 0 Å². The Kier molecular flexibility index (Phi) is 4.38. The lowest BCUT2D eigenvalue weighted by molar-refractivity contribution is 0.606. The zero-order valence-electron chi connectivity index (χ0n) is 12.1. The van der Waals surface area contributed by atoms with E-state index in [1.54, 1.807) is 13.0 Å². The molecule has 0 unspecified atom stereocenters. The Balaban J connectivity index is 3.44. The third kappa shape index (κ3) is 2.83. The van der Waals surface area contributed by atoms with Gasteiger partial charge in [-0.05, 0) is 74.1 Å². The normalized spacial score (nSPS) is 12.3. The fraction of sp³-hybridized carbons (Fsp3) is 0.467. The van der Waals surface area contributed by atoms with E-state index in [4.69, 9.17) is 0 Å². The Morgan fingerprint density at radius 1 is 0.833 bits per heavy atom. The third-order valence-electron chi connectivity index (χ3n) is 3.90. The van der Waals surface area contributed by atoms with Crippen molar-refractivity contribution in [3.05, 3.63) is 38.8 Å². The summed E-state index contributed by atoms with van der Waals surface area (Å²) in [5.74, 6) is 0.144. The van der Waals surface area contributed by atoms with Crippen LogP contribution in [-0.2, 0) is 9.84 Å². The van der Waals surface area contributed by atoms with Gasteiger partial charge in [-0.25, -0.2) is 8.42 Å². The SMILES string of the molecule is CCS(=O)(=O)/C=C\c1c(C)c(C)c(C)c(C)c1C. The molecule has 0 saturated carbocycles. The van der Waals surface area contributed by atoms with Crippen molar-refractivity contribution in [2.75, 3.05) is 5.75 Å². The van der Waals surface area contributed by atoms with Crippen molar-refractivity contribution in [3.8, 4) is 0 Å². The van der Waals surface area contributed by atoms with Crippen molar-refractivity contribution < 1.29 is 8.42 Å². The standard InChI is InChI=1S/C15H22O2S/c1-7-18(16,17)9-8-15-13(5)11(3)10(2)12(4)14(15)6/h8-9H,7H2,1-6H3/b9-8-. The quantitative estimate of drug-likeness (QED) is 0.837. The van der Waals surface area contributed by atoms with Gasteiger partial charge in [0.1, 0.15) is 0 Å². The molecule has 0 aliphatic rings. The predicted molar refractivity (Wildman–Crippen MR) is 78.6 cm³/mol. The summed E-state index contributed by atoms with van der Waals surface area (Å²) >= 11 is 0. The summed E-state index contributed by atoms with van der Waals surface area (Å²) in [6, 6.07) is 0. The van der Waals surface area contributed by atoms with Gasteiger partial charge < -0.3 is 0 Å². The molecule has 1 rings (SSSR count). The summed E-state index contributed by atoms with van der Waals surface area (Å²) in [5, 5.41) is 1.33. The summed E-state index contributed by atoms with van der Waals surface area (Å²) < 4.78 is 23.1. The van der Waals surface area contributed by atoms with Crippen molar-refractivity contribution >= 4 is 15.9 Å². The lowest BCUT2D eigenvalue weighted by Gasteiger charge is -2.16. The fourth-order valence-electron chi connectivity index (χ4n) is 2.05. The van der Waals surface area contributed by atoms with Crippen molar-refractivity contribution in [2.45, 2.75) is 41.5 Å². The van der Waals surface area contributed by atoms with Crippen molar-refractivity contribution in [1.82, 2.24) is 0 Å². The lowest BCUT2D eigenvalue weighted by Crippen LogP contribution is -2.01. The highest BCUT2D eigenvalue weighted by atomic mass is 32.2. The minimum atomic E-state index is -3.07. The maximum Gasteiger partial charge on any atom is 0.171 e. The van der Waals surface area contributed by atoms with Crippen LogP contribution in [-0.4, -0.2) is 14.2 Å². The molecule has 18 heavy (non-hydrogen) atoms. The van der Waals surface area contributed by atoms with Crippen LogP contribution in [0.2, 0.25) is 0 Å². The Bertz CT molecular complexity index is 564. The topological polar surface area (TPSA) is 34.1 Å². The van der Waals surface area contributed by atoms with E-state index in [0.29, 0.717) is 0 Å². The minimum Gasteiger partial charge on any atom is -0.224 e. The Labute approximate surface area is 111 Å². The molecule has 1 aromatic carbocycles. The zero-order valence-corrected chi connectivity index (χ0v) is 12.9. The van der Waals surface area contributed by atoms with Crippen LogP contribution in [0.1, 0.15) is 40.3 Å². The van der Waals surface area contributed by atoms with Crippen LogP contribution in [0.3, 0.4) is 0 Å². The highest BCUT2D eigenvalue weighted by Gasteiger charge is 2.11. The van der Waals surface area contributed by atoms with Crippen LogP contribution in [0, 0.1) is 34.6 Å². The Morgan fingerprint density at radius 2 is 1.22 bits per heavy atom. The lowest BCUT2D eigenvalue weighted by atomic mass is 9.90. The van der Waals surface area contributed by atoms with Crippen LogP contribution in [0.15, 0.2) is 5.41 Å². The van der Waals surface area contributed by atoms with Crippen molar-refractivity contribution in [3.63, 3.8) is 0 Å². The molecule has 1 aromatic rings. The second-order valence-corrected chi connectivity index (χ2v) is 6.97. The molecule has 0 aliphatic carbocycles. The molecule has 0 amide bonds. The highest BCUT2D eigenvalue weighted by molar-refractivity contribution is 7.94. The van der Waals surface area contributed by atoms with Crippen LogP contribution in [0.25, 0.3) is 6.08 Å². The summed E-state index contributed by atoms with van der Waals surface area (Å²) in [6.45, 7) is 12.0. The number of hydrogen-bond donors (Lipinski definition) is 0. The molecular weight excluding hydrogens is 244 g/mol. The van der Waals surface area contributed by atoms with Gasteiger partial charge in [0.25, 0.3) is 0 Å². The van der Waals surface area contributed by atoms with E-state index in [2.05, 4.69) is 20.8 Å². The summed E-state index contributed by atoms with van der Waals surface area (Å²) in [7, 11) is -3.07. The van der Waals surface area contributed by atoms with Gasteiger partial charge in [-0.15, -0.1) is 0 Å². The summed E-state index contributed by atoms with van der Waals surface area (Å²) in [4.78, 5) is 0. The first kappa shape index (κ1) is 15.0. The average Bonchev–Trinajstić information content (AvgIpc) is 2.34. The molecule has 0 atom stereocenters. The van der Waals surface area contributed by atoms with Gasteiger partial charge in [0.05, 0.1) is 5.75 Å². The fourth-order valence-corrected chi connectivity index (χ4v) is 2.58. The molecule has 0 aromatic heterocycles. The number of hydrogen-bond acceptors (Lipinski definition) is 2. The molecule has 0 fully saturated rings. The average molecular weight is 266 g/mol. The second kappa shape index (κ2) is 5.27. The second-order valence-electron chi connectivity index (χ2n) is 4.79. The van der Waals surface area contributed by atoms with Gasteiger partial charge in [0.2, 0.25) is 0 Å². The molecule has 0 aliphatic heterocycles. The van der Waals surface area contributed by atoms with E-state index in [-0.39, 0.29) is 5.75 Å². The van der Waals surface area contributed by atoms with Gasteiger partial charge in [-0.1, -0.05) is 6.92 Å². The maximum atomic E-state index is 11.5. The van der Waals surface area contributed by atoms with Gasteiger partial charge in [-0.2, -0.15) is 0 Å². The predicted octanol–water partition coefficient (Wildman–Crippen LogP) is 3.63. The van der Waals surface area contributed by atoms with E-state index in [1.165, 1.54) is 22.1 Å². The van der Waals surface area contributed by atoms with E-state index >= 15 is 0 Å². The number of sulfone groups is 1. The van der Waals surface area contributed by atoms with E-state index in [0.717, 1.165) is 16.7 Å².